The average Bonchev–Trinajstić information content (AvgIpc) is 2.22. The smallest absolute Gasteiger partial charge is 0.225 e. The molecule has 0 spiro atoms. The van der Waals surface area contributed by atoms with Crippen molar-refractivity contribution in [3.8, 4) is 0 Å². The molecule has 82 valence electrons. The largest absolute Gasteiger partial charge is 0.325 e. The fourth-order valence-corrected chi connectivity index (χ4v) is 1.90. The molecule has 1 N–H and O–H groups in total. The molecule has 1 aromatic carbocycles. The summed E-state index contributed by atoms with van der Waals surface area (Å²) in [6.07, 6.45) is 2.55. The predicted molar refractivity (Wildman–Crippen MR) is 70.5 cm³/mol. The number of rotatable bonds is 4. The van der Waals surface area contributed by atoms with Crippen molar-refractivity contribution in [2.75, 3.05) is 17.3 Å². The van der Waals surface area contributed by atoms with Crippen molar-refractivity contribution in [2.24, 2.45) is 0 Å². The molecule has 4 heteroatoms. The van der Waals surface area contributed by atoms with Crippen molar-refractivity contribution in [3.63, 3.8) is 0 Å². The zero-order valence-electron chi connectivity index (χ0n) is 8.84. The van der Waals surface area contributed by atoms with Crippen LogP contribution >= 0.6 is 27.7 Å². The third kappa shape index (κ3) is 3.87. The van der Waals surface area contributed by atoms with Gasteiger partial charge in [0.15, 0.2) is 0 Å². The van der Waals surface area contributed by atoms with Gasteiger partial charge in [-0.25, -0.2) is 0 Å². The minimum atomic E-state index is 0.0654. The van der Waals surface area contributed by atoms with Crippen LogP contribution in [0.15, 0.2) is 22.7 Å². The number of amides is 1. The number of carbonyl (C=O) groups excluding carboxylic acids is 1. The van der Waals surface area contributed by atoms with Gasteiger partial charge in [0, 0.05) is 16.6 Å². The van der Waals surface area contributed by atoms with Gasteiger partial charge in [-0.2, -0.15) is 11.8 Å². The van der Waals surface area contributed by atoms with E-state index in [0.717, 1.165) is 21.5 Å². The van der Waals surface area contributed by atoms with E-state index >= 15 is 0 Å². The van der Waals surface area contributed by atoms with Gasteiger partial charge in [0.1, 0.15) is 0 Å². The maximum Gasteiger partial charge on any atom is 0.225 e. The van der Waals surface area contributed by atoms with Crippen LogP contribution < -0.4 is 5.32 Å². The van der Waals surface area contributed by atoms with Gasteiger partial charge in [0.25, 0.3) is 0 Å². The molecule has 0 aliphatic rings. The first kappa shape index (κ1) is 12.6. The monoisotopic (exact) mass is 287 g/mol. The lowest BCUT2D eigenvalue weighted by molar-refractivity contribution is -0.115. The van der Waals surface area contributed by atoms with Crippen molar-refractivity contribution in [1.82, 2.24) is 0 Å². The lowest BCUT2D eigenvalue weighted by Gasteiger charge is -2.08. The molecule has 0 heterocycles. The van der Waals surface area contributed by atoms with Crippen LogP contribution in [-0.4, -0.2) is 17.9 Å². The molecular weight excluding hydrogens is 274 g/mol. The van der Waals surface area contributed by atoms with E-state index in [0.29, 0.717) is 6.42 Å². The molecule has 0 radical (unpaired) electrons. The lowest BCUT2D eigenvalue weighted by atomic mass is 10.2. The molecule has 1 aromatic rings. The standard InChI is InChI=1S/C11H14BrNOS/c1-8-4-3-5-9(11(8)12)13-10(14)6-7-15-2/h3-5H,6-7H2,1-2H3,(H,13,14). The number of benzene rings is 1. The Bertz CT molecular complexity index is 354. The van der Waals surface area contributed by atoms with E-state index in [1.54, 1.807) is 11.8 Å². The van der Waals surface area contributed by atoms with Gasteiger partial charge in [-0.15, -0.1) is 0 Å². The van der Waals surface area contributed by atoms with Gasteiger partial charge in [-0.3, -0.25) is 4.79 Å². The normalized spacial score (nSPS) is 10.1. The van der Waals surface area contributed by atoms with Crippen LogP contribution in [0.4, 0.5) is 5.69 Å². The summed E-state index contributed by atoms with van der Waals surface area (Å²) in [5.74, 6) is 0.922. The molecule has 1 rings (SSSR count). The van der Waals surface area contributed by atoms with E-state index in [1.165, 1.54) is 0 Å². The SMILES string of the molecule is CSCCC(=O)Nc1cccc(C)c1Br. The summed E-state index contributed by atoms with van der Waals surface area (Å²) in [6, 6.07) is 5.83. The number of halogens is 1. The van der Waals surface area contributed by atoms with Gasteiger partial charge in [0.2, 0.25) is 5.91 Å². The Morgan fingerprint density at radius 2 is 2.27 bits per heavy atom. The Kier molecular flexibility index (Phi) is 5.19. The Morgan fingerprint density at radius 1 is 1.53 bits per heavy atom. The highest BCUT2D eigenvalue weighted by molar-refractivity contribution is 9.10. The third-order valence-corrected chi connectivity index (χ3v) is 3.66. The number of nitrogens with one attached hydrogen (secondary N) is 1. The second-order valence-electron chi connectivity index (χ2n) is 3.23. The van der Waals surface area contributed by atoms with Crippen LogP contribution in [0.3, 0.4) is 0 Å². The highest BCUT2D eigenvalue weighted by Crippen LogP contribution is 2.25. The maximum atomic E-state index is 11.5. The van der Waals surface area contributed by atoms with Crippen LogP contribution in [0.25, 0.3) is 0 Å². The summed E-state index contributed by atoms with van der Waals surface area (Å²) >= 11 is 5.13. The second-order valence-corrected chi connectivity index (χ2v) is 5.01. The van der Waals surface area contributed by atoms with E-state index in [9.17, 15) is 4.79 Å². The molecule has 1 amide bonds. The molecule has 0 saturated heterocycles. The van der Waals surface area contributed by atoms with Crippen LogP contribution in [-0.2, 0) is 4.79 Å². The summed E-state index contributed by atoms with van der Waals surface area (Å²) in [5, 5.41) is 2.89. The summed E-state index contributed by atoms with van der Waals surface area (Å²) in [7, 11) is 0. The van der Waals surface area contributed by atoms with E-state index < -0.39 is 0 Å². The van der Waals surface area contributed by atoms with E-state index in [2.05, 4.69) is 21.2 Å². The molecule has 0 unspecified atom stereocenters. The average molecular weight is 288 g/mol. The molecule has 2 nitrogen and oxygen atoms in total. The highest BCUT2D eigenvalue weighted by Gasteiger charge is 2.06. The van der Waals surface area contributed by atoms with Crippen molar-refractivity contribution >= 4 is 39.3 Å². The fraction of sp³-hybridized carbons (Fsp3) is 0.364. The highest BCUT2D eigenvalue weighted by atomic mass is 79.9. The van der Waals surface area contributed by atoms with E-state index in [-0.39, 0.29) is 5.91 Å². The quantitative estimate of drug-likeness (QED) is 0.919. The first-order chi connectivity index (χ1) is 7.15. The van der Waals surface area contributed by atoms with E-state index in [4.69, 9.17) is 0 Å². The fourth-order valence-electron chi connectivity index (χ4n) is 1.15. The van der Waals surface area contributed by atoms with Crippen LogP contribution in [0.5, 0.6) is 0 Å². The van der Waals surface area contributed by atoms with E-state index in [1.807, 2.05) is 31.4 Å². The minimum Gasteiger partial charge on any atom is -0.325 e. The topological polar surface area (TPSA) is 29.1 Å². The molecule has 0 aromatic heterocycles. The molecule has 0 bridgehead atoms. The Balaban J connectivity index is 2.64. The number of hydrogen-bond donors (Lipinski definition) is 1. The summed E-state index contributed by atoms with van der Waals surface area (Å²) in [4.78, 5) is 11.5. The zero-order chi connectivity index (χ0) is 11.3. The number of anilines is 1. The van der Waals surface area contributed by atoms with Gasteiger partial charge >= 0.3 is 0 Å². The van der Waals surface area contributed by atoms with Crippen molar-refractivity contribution in [2.45, 2.75) is 13.3 Å². The van der Waals surface area contributed by atoms with Crippen molar-refractivity contribution in [1.29, 1.82) is 0 Å². The van der Waals surface area contributed by atoms with Gasteiger partial charge in [-0.1, -0.05) is 12.1 Å². The van der Waals surface area contributed by atoms with Crippen LogP contribution in [0.1, 0.15) is 12.0 Å². The summed E-state index contributed by atoms with van der Waals surface area (Å²) in [5.41, 5.74) is 1.97. The Hall–Kier alpha value is -0.480. The van der Waals surface area contributed by atoms with Crippen molar-refractivity contribution in [3.05, 3.63) is 28.2 Å². The maximum absolute atomic E-state index is 11.5. The van der Waals surface area contributed by atoms with Gasteiger partial charge < -0.3 is 5.32 Å². The predicted octanol–water partition coefficient (Wildman–Crippen LogP) is 3.45. The molecule has 0 fully saturated rings. The number of hydrogen-bond acceptors (Lipinski definition) is 2. The first-order valence-electron chi connectivity index (χ1n) is 4.69. The summed E-state index contributed by atoms with van der Waals surface area (Å²) < 4.78 is 0.961. The third-order valence-electron chi connectivity index (χ3n) is 2.00. The number of aryl methyl sites for hydroxylation is 1. The lowest BCUT2D eigenvalue weighted by Crippen LogP contribution is -2.12. The number of thioether (sulfide) groups is 1. The molecule has 0 aliphatic carbocycles. The van der Waals surface area contributed by atoms with Crippen molar-refractivity contribution < 1.29 is 4.79 Å². The van der Waals surface area contributed by atoms with Crippen LogP contribution in [0, 0.1) is 6.92 Å². The Morgan fingerprint density at radius 3 is 2.93 bits per heavy atom. The van der Waals surface area contributed by atoms with Gasteiger partial charge in [0.05, 0.1) is 5.69 Å². The molecular formula is C11H14BrNOS. The molecule has 0 saturated carbocycles. The molecule has 0 aliphatic heterocycles. The zero-order valence-corrected chi connectivity index (χ0v) is 11.2. The Labute approximate surface area is 103 Å². The molecule has 0 atom stereocenters. The first-order valence-corrected chi connectivity index (χ1v) is 6.87. The minimum absolute atomic E-state index is 0.0654. The molecule has 15 heavy (non-hydrogen) atoms. The van der Waals surface area contributed by atoms with Crippen LogP contribution in [0.2, 0.25) is 0 Å². The van der Waals surface area contributed by atoms with Gasteiger partial charge in [-0.05, 0) is 40.7 Å². The summed E-state index contributed by atoms with van der Waals surface area (Å²) in [6.45, 7) is 2.00. The second kappa shape index (κ2) is 6.18. The number of carbonyl (C=O) groups is 1.